The molecule has 0 spiro atoms. The highest BCUT2D eigenvalue weighted by molar-refractivity contribution is 5.40. The fourth-order valence-electron chi connectivity index (χ4n) is 0.709. The first-order valence-corrected chi connectivity index (χ1v) is 2.85. The lowest BCUT2D eigenvalue weighted by atomic mass is 10.4. The van der Waals surface area contributed by atoms with Crippen LogP contribution in [0.15, 0.2) is 9.97 Å². The van der Waals surface area contributed by atoms with Crippen molar-refractivity contribution < 1.29 is 0 Å². The van der Waals surface area contributed by atoms with Crippen LogP contribution in [0, 0.1) is 11.8 Å². The quantitative estimate of drug-likeness (QED) is 0.558. The van der Waals surface area contributed by atoms with Crippen molar-refractivity contribution in [2.24, 2.45) is 5.18 Å². The molecule has 58 valence electrons. The highest BCUT2D eigenvalue weighted by Gasteiger charge is 2.05. The van der Waals surface area contributed by atoms with Crippen LogP contribution in [0.3, 0.4) is 0 Å². The third-order valence-corrected chi connectivity index (χ3v) is 1.18. The largest absolute Gasteiger partial charge is 0.369 e. The van der Waals surface area contributed by atoms with Gasteiger partial charge in [0.2, 0.25) is 5.95 Å². The number of H-pyrrole nitrogens is 1. The number of rotatable bonds is 1. The normalized spacial score (nSPS) is 9.55. The molecule has 0 aromatic carbocycles. The van der Waals surface area contributed by atoms with Gasteiger partial charge in [-0.05, 0) is 12.1 Å². The van der Waals surface area contributed by atoms with Crippen LogP contribution in [-0.2, 0) is 0 Å². The highest BCUT2D eigenvalue weighted by atomic mass is 16.3. The number of nitroso groups, excluding NO2 is 1. The molecule has 6 heteroatoms. The Hall–Kier alpha value is -1.72. The maximum Gasteiger partial charge on any atom is 0.282 e. The molecular weight excluding hydrogens is 148 g/mol. The van der Waals surface area contributed by atoms with Crippen LogP contribution in [0.5, 0.6) is 0 Å². The van der Waals surface area contributed by atoms with Gasteiger partial charge in [-0.1, -0.05) is 0 Å². The Morgan fingerprint density at radius 3 is 2.73 bits per heavy atom. The number of anilines is 1. The SMILES string of the molecule is Cc1nc(N)[nH]c(=O)c1N=O. The molecule has 3 N–H and O–H groups in total. The van der Waals surface area contributed by atoms with Gasteiger partial charge >= 0.3 is 0 Å². The van der Waals surface area contributed by atoms with Crippen LogP contribution >= 0.6 is 0 Å². The van der Waals surface area contributed by atoms with Crippen molar-refractivity contribution in [3.8, 4) is 0 Å². The Bertz CT molecular complexity index is 343. The second-order valence-electron chi connectivity index (χ2n) is 1.98. The molecule has 0 saturated heterocycles. The van der Waals surface area contributed by atoms with Gasteiger partial charge in [0.05, 0.1) is 5.69 Å². The lowest BCUT2D eigenvalue weighted by Crippen LogP contribution is -2.11. The summed E-state index contributed by atoms with van der Waals surface area (Å²) in [6, 6.07) is 0. The van der Waals surface area contributed by atoms with E-state index in [0.717, 1.165) is 0 Å². The van der Waals surface area contributed by atoms with E-state index in [1.165, 1.54) is 6.92 Å². The molecule has 1 heterocycles. The lowest BCUT2D eigenvalue weighted by Gasteiger charge is -1.95. The van der Waals surface area contributed by atoms with Crippen molar-refractivity contribution in [2.45, 2.75) is 6.92 Å². The number of nitrogens with one attached hydrogen (secondary N) is 1. The summed E-state index contributed by atoms with van der Waals surface area (Å²) in [5.41, 5.74) is 4.58. The second kappa shape index (κ2) is 2.49. The second-order valence-corrected chi connectivity index (χ2v) is 1.98. The minimum absolute atomic E-state index is 0.0140. The van der Waals surface area contributed by atoms with Crippen LogP contribution in [0.4, 0.5) is 11.6 Å². The summed E-state index contributed by atoms with van der Waals surface area (Å²) < 4.78 is 0. The van der Waals surface area contributed by atoms with Crippen molar-refractivity contribution in [3.63, 3.8) is 0 Å². The summed E-state index contributed by atoms with van der Waals surface area (Å²) in [6.45, 7) is 1.49. The summed E-state index contributed by atoms with van der Waals surface area (Å²) in [5.74, 6) is -0.0140. The van der Waals surface area contributed by atoms with Crippen LogP contribution in [0.25, 0.3) is 0 Å². The fraction of sp³-hybridized carbons (Fsp3) is 0.200. The van der Waals surface area contributed by atoms with Gasteiger partial charge in [-0.15, -0.1) is 4.91 Å². The number of nitrogens with zero attached hydrogens (tertiary/aromatic N) is 2. The first kappa shape index (κ1) is 7.39. The number of aryl methyl sites for hydroxylation is 1. The first-order chi connectivity index (χ1) is 5.15. The maximum atomic E-state index is 10.8. The number of aromatic amines is 1. The monoisotopic (exact) mass is 154 g/mol. The van der Waals surface area contributed by atoms with Crippen LogP contribution in [0.1, 0.15) is 5.69 Å². The zero-order valence-corrected chi connectivity index (χ0v) is 5.79. The zero-order chi connectivity index (χ0) is 8.43. The molecule has 0 amide bonds. The van der Waals surface area contributed by atoms with Crippen molar-refractivity contribution in [1.82, 2.24) is 9.97 Å². The van der Waals surface area contributed by atoms with Crippen LogP contribution in [-0.4, -0.2) is 9.97 Å². The predicted octanol–water partition coefficient (Wildman–Crippen LogP) is 0.0584. The summed E-state index contributed by atoms with van der Waals surface area (Å²) in [4.78, 5) is 26.6. The van der Waals surface area contributed by atoms with E-state index in [1.807, 2.05) is 0 Å². The van der Waals surface area contributed by atoms with E-state index in [-0.39, 0.29) is 17.3 Å². The topological polar surface area (TPSA) is 101 Å². The fourth-order valence-corrected chi connectivity index (χ4v) is 0.709. The third kappa shape index (κ3) is 1.23. The Morgan fingerprint density at radius 1 is 1.64 bits per heavy atom. The molecule has 1 aromatic heterocycles. The van der Waals surface area contributed by atoms with Gasteiger partial charge in [0.15, 0.2) is 5.69 Å². The van der Waals surface area contributed by atoms with E-state index in [9.17, 15) is 9.70 Å². The minimum atomic E-state index is -0.606. The lowest BCUT2D eigenvalue weighted by molar-refractivity contribution is 1.07. The van der Waals surface area contributed by atoms with Gasteiger partial charge in [0.25, 0.3) is 5.56 Å². The summed E-state index contributed by atoms with van der Waals surface area (Å²) >= 11 is 0. The zero-order valence-electron chi connectivity index (χ0n) is 5.79. The Morgan fingerprint density at radius 2 is 2.27 bits per heavy atom. The Kier molecular flexibility index (Phi) is 1.67. The minimum Gasteiger partial charge on any atom is -0.369 e. The van der Waals surface area contributed by atoms with Crippen LogP contribution in [0.2, 0.25) is 0 Å². The smallest absolute Gasteiger partial charge is 0.282 e. The number of hydrogen-bond donors (Lipinski definition) is 2. The van der Waals surface area contributed by atoms with E-state index in [4.69, 9.17) is 5.73 Å². The van der Waals surface area contributed by atoms with Gasteiger partial charge in [-0.2, -0.15) is 0 Å². The van der Waals surface area contributed by atoms with Gasteiger partial charge < -0.3 is 5.73 Å². The number of hydrogen-bond acceptors (Lipinski definition) is 5. The molecule has 0 atom stereocenters. The van der Waals surface area contributed by atoms with Gasteiger partial charge in [0.1, 0.15) is 0 Å². The predicted molar refractivity (Wildman–Crippen MR) is 39.5 cm³/mol. The number of aromatic nitrogens is 2. The molecule has 0 saturated carbocycles. The molecule has 0 aliphatic rings. The third-order valence-electron chi connectivity index (χ3n) is 1.18. The molecule has 0 radical (unpaired) electrons. The van der Waals surface area contributed by atoms with Gasteiger partial charge in [-0.25, -0.2) is 4.98 Å². The van der Waals surface area contributed by atoms with Gasteiger partial charge in [0, 0.05) is 0 Å². The first-order valence-electron chi connectivity index (χ1n) is 2.85. The molecule has 6 nitrogen and oxygen atoms in total. The number of nitrogen functional groups attached to an aromatic ring is 1. The highest BCUT2D eigenvalue weighted by Crippen LogP contribution is 2.08. The Balaban J connectivity index is 3.49. The molecule has 0 aliphatic carbocycles. The molecule has 1 rings (SSSR count). The molecule has 1 aromatic rings. The van der Waals surface area contributed by atoms with E-state index in [1.54, 1.807) is 0 Å². The molecule has 0 fully saturated rings. The molecular formula is C5H6N4O2. The van der Waals surface area contributed by atoms with Gasteiger partial charge in [-0.3, -0.25) is 9.78 Å². The van der Waals surface area contributed by atoms with Crippen LogP contribution < -0.4 is 11.3 Å². The molecule has 11 heavy (non-hydrogen) atoms. The van der Waals surface area contributed by atoms with E-state index < -0.39 is 5.56 Å². The van der Waals surface area contributed by atoms with Crippen molar-refractivity contribution in [3.05, 3.63) is 21.0 Å². The summed E-state index contributed by atoms with van der Waals surface area (Å²) in [5, 5.41) is 2.50. The summed E-state index contributed by atoms with van der Waals surface area (Å²) in [7, 11) is 0. The standard InChI is InChI=1S/C5H6N4O2/c1-2-3(9-11)4(10)8-5(6)7-2/h1H3,(H3,6,7,8,10). The Labute approximate surface area is 61.4 Å². The molecule has 0 bridgehead atoms. The summed E-state index contributed by atoms with van der Waals surface area (Å²) in [6.07, 6.45) is 0. The molecule has 0 aliphatic heterocycles. The van der Waals surface area contributed by atoms with Crippen molar-refractivity contribution in [2.75, 3.05) is 5.73 Å². The van der Waals surface area contributed by atoms with Crippen molar-refractivity contribution in [1.29, 1.82) is 0 Å². The molecule has 0 unspecified atom stereocenters. The van der Waals surface area contributed by atoms with E-state index in [0.29, 0.717) is 0 Å². The van der Waals surface area contributed by atoms with E-state index >= 15 is 0 Å². The average Bonchev–Trinajstić information content (AvgIpc) is 1.85. The van der Waals surface area contributed by atoms with Crippen molar-refractivity contribution >= 4 is 11.6 Å². The van der Waals surface area contributed by atoms with E-state index in [2.05, 4.69) is 15.1 Å². The number of nitrogens with two attached hydrogens (primary N) is 1. The average molecular weight is 154 g/mol. The maximum absolute atomic E-state index is 10.8.